The molecule has 2 atom stereocenters. The Balaban J connectivity index is 1.70. The fourth-order valence-corrected chi connectivity index (χ4v) is 2.64. The Morgan fingerprint density at radius 1 is 1.15 bits per heavy atom. The van der Waals surface area contributed by atoms with E-state index in [0.29, 0.717) is 0 Å². The van der Waals surface area contributed by atoms with Gasteiger partial charge in [0.05, 0.1) is 0 Å². The number of hydrogen-bond acceptors (Lipinski definition) is 2. The summed E-state index contributed by atoms with van der Waals surface area (Å²) in [7, 11) is 0. The Morgan fingerprint density at radius 3 is 2.38 bits per heavy atom. The second-order valence-electron chi connectivity index (χ2n) is 4.56. The van der Waals surface area contributed by atoms with Gasteiger partial charge in [0.2, 0.25) is 0 Å². The molecule has 0 aromatic heterocycles. The Hall–Kier alpha value is -0.0800. The zero-order chi connectivity index (χ0) is 9.10. The molecule has 1 aliphatic carbocycles. The summed E-state index contributed by atoms with van der Waals surface area (Å²) in [6.07, 6.45) is 4.38. The minimum Gasteiger partial charge on any atom is -0.314 e. The average molecular weight is 182 g/mol. The number of hydrogen-bond donors (Lipinski definition) is 1. The van der Waals surface area contributed by atoms with Gasteiger partial charge < -0.3 is 10.2 Å². The third-order valence-corrected chi connectivity index (χ3v) is 3.80. The van der Waals surface area contributed by atoms with Crippen molar-refractivity contribution < 1.29 is 0 Å². The average Bonchev–Trinajstić information content (AvgIpc) is 2.15. The summed E-state index contributed by atoms with van der Waals surface area (Å²) in [5.74, 6) is 2.08. The van der Waals surface area contributed by atoms with Crippen molar-refractivity contribution in [3.63, 3.8) is 0 Å². The Bertz CT molecular complexity index is 150. The molecule has 0 bridgehead atoms. The number of piperazine rings is 1. The van der Waals surface area contributed by atoms with Crippen molar-refractivity contribution in [3.8, 4) is 0 Å². The molecule has 2 heteroatoms. The van der Waals surface area contributed by atoms with Gasteiger partial charge in [0, 0.05) is 32.7 Å². The lowest BCUT2D eigenvalue weighted by molar-refractivity contribution is 0.0988. The minimum absolute atomic E-state index is 1.03. The molecule has 2 nitrogen and oxygen atoms in total. The van der Waals surface area contributed by atoms with Crippen LogP contribution in [0.2, 0.25) is 0 Å². The van der Waals surface area contributed by atoms with Crippen LogP contribution < -0.4 is 5.32 Å². The summed E-state index contributed by atoms with van der Waals surface area (Å²) in [6.45, 7) is 8.65. The highest BCUT2D eigenvalue weighted by Crippen LogP contribution is 2.36. The van der Waals surface area contributed by atoms with Gasteiger partial charge in [0.15, 0.2) is 0 Å². The highest BCUT2D eigenvalue weighted by molar-refractivity contribution is 4.83. The maximum atomic E-state index is 3.41. The summed E-state index contributed by atoms with van der Waals surface area (Å²) in [5.41, 5.74) is 0. The van der Waals surface area contributed by atoms with Crippen LogP contribution in [0.15, 0.2) is 0 Å². The number of nitrogens with zero attached hydrogens (tertiary/aromatic N) is 1. The molecule has 13 heavy (non-hydrogen) atoms. The molecule has 1 saturated heterocycles. The van der Waals surface area contributed by atoms with Crippen molar-refractivity contribution in [1.82, 2.24) is 10.2 Å². The molecular weight excluding hydrogens is 160 g/mol. The maximum Gasteiger partial charge on any atom is 0.0107 e. The zero-order valence-corrected chi connectivity index (χ0v) is 8.76. The van der Waals surface area contributed by atoms with Crippen LogP contribution in [-0.2, 0) is 0 Å². The van der Waals surface area contributed by atoms with E-state index in [-0.39, 0.29) is 0 Å². The molecule has 1 aliphatic heterocycles. The third-order valence-electron chi connectivity index (χ3n) is 3.80. The lowest BCUT2D eigenvalue weighted by Crippen LogP contribution is -2.47. The van der Waals surface area contributed by atoms with Gasteiger partial charge in [-0.1, -0.05) is 13.3 Å². The van der Waals surface area contributed by atoms with Gasteiger partial charge in [-0.2, -0.15) is 0 Å². The molecule has 0 spiro atoms. The Morgan fingerprint density at radius 2 is 1.85 bits per heavy atom. The van der Waals surface area contributed by atoms with Gasteiger partial charge >= 0.3 is 0 Å². The SMILES string of the molecule is CCC1CCC1CN1CCNCC1. The van der Waals surface area contributed by atoms with Crippen molar-refractivity contribution in [3.05, 3.63) is 0 Å². The van der Waals surface area contributed by atoms with Crippen LogP contribution in [0.1, 0.15) is 26.2 Å². The van der Waals surface area contributed by atoms with Gasteiger partial charge in [-0.3, -0.25) is 0 Å². The molecule has 1 heterocycles. The van der Waals surface area contributed by atoms with E-state index in [0.717, 1.165) is 11.8 Å². The smallest absolute Gasteiger partial charge is 0.0107 e. The first-order chi connectivity index (χ1) is 6.40. The minimum atomic E-state index is 1.03. The fourth-order valence-electron chi connectivity index (χ4n) is 2.64. The van der Waals surface area contributed by atoms with Crippen molar-refractivity contribution in [2.45, 2.75) is 26.2 Å². The highest BCUT2D eigenvalue weighted by atomic mass is 15.2. The van der Waals surface area contributed by atoms with Crippen molar-refractivity contribution >= 4 is 0 Å². The van der Waals surface area contributed by atoms with Crippen molar-refractivity contribution in [1.29, 1.82) is 0 Å². The van der Waals surface area contributed by atoms with Gasteiger partial charge in [-0.15, -0.1) is 0 Å². The summed E-state index contributed by atoms with van der Waals surface area (Å²) >= 11 is 0. The molecule has 0 radical (unpaired) electrons. The largest absolute Gasteiger partial charge is 0.314 e. The summed E-state index contributed by atoms with van der Waals surface area (Å²) < 4.78 is 0. The van der Waals surface area contributed by atoms with E-state index in [1.54, 1.807) is 0 Å². The lowest BCUT2D eigenvalue weighted by atomic mass is 9.72. The van der Waals surface area contributed by atoms with E-state index in [1.165, 1.54) is 52.0 Å². The molecule has 0 aromatic carbocycles. The molecule has 0 aromatic rings. The quantitative estimate of drug-likeness (QED) is 0.708. The normalized spacial score (nSPS) is 35.8. The maximum absolute atomic E-state index is 3.41. The third kappa shape index (κ3) is 2.23. The van der Waals surface area contributed by atoms with Crippen molar-refractivity contribution in [2.24, 2.45) is 11.8 Å². The molecule has 2 fully saturated rings. The first kappa shape index (κ1) is 9.47. The molecule has 76 valence electrons. The fraction of sp³-hybridized carbons (Fsp3) is 1.00. The van der Waals surface area contributed by atoms with E-state index in [9.17, 15) is 0 Å². The monoisotopic (exact) mass is 182 g/mol. The van der Waals surface area contributed by atoms with Crippen LogP contribution in [-0.4, -0.2) is 37.6 Å². The van der Waals surface area contributed by atoms with Gasteiger partial charge in [0.25, 0.3) is 0 Å². The lowest BCUT2D eigenvalue weighted by Gasteiger charge is -2.40. The summed E-state index contributed by atoms with van der Waals surface area (Å²) in [5, 5.41) is 3.41. The molecule has 2 unspecified atom stereocenters. The predicted molar refractivity (Wildman–Crippen MR) is 55.8 cm³/mol. The first-order valence-corrected chi connectivity index (χ1v) is 5.83. The van der Waals surface area contributed by atoms with Crippen LogP contribution in [0.3, 0.4) is 0 Å². The van der Waals surface area contributed by atoms with Gasteiger partial charge in [-0.25, -0.2) is 0 Å². The Kier molecular flexibility index (Phi) is 3.23. The molecule has 1 saturated carbocycles. The molecular formula is C11H22N2. The topological polar surface area (TPSA) is 15.3 Å². The molecule has 0 amide bonds. The zero-order valence-electron chi connectivity index (χ0n) is 8.76. The van der Waals surface area contributed by atoms with Crippen LogP contribution in [0, 0.1) is 11.8 Å². The highest BCUT2D eigenvalue weighted by Gasteiger charge is 2.30. The van der Waals surface area contributed by atoms with Crippen molar-refractivity contribution in [2.75, 3.05) is 32.7 Å². The van der Waals surface area contributed by atoms with E-state index in [2.05, 4.69) is 17.1 Å². The predicted octanol–water partition coefficient (Wildman–Crippen LogP) is 1.33. The van der Waals surface area contributed by atoms with Crippen LogP contribution in [0.5, 0.6) is 0 Å². The molecule has 2 rings (SSSR count). The second kappa shape index (κ2) is 4.43. The molecule has 1 N–H and O–H groups in total. The van der Waals surface area contributed by atoms with E-state index in [1.807, 2.05) is 0 Å². The van der Waals surface area contributed by atoms with Gasteiger partial charge in [-0.05, 0) is 24.7 Å². The summed E-state index contributed by atoms with van der Waals surface area (Å²) in [4.78, 5) is 2.64. The van der Waals surface area contributed by atoms with Crippen LogP contribution in [0.4, 0.5) is 0 Å². The number of rotatable bonds is 3. The Labute approximate surface area is 81.7 Å². The van der Waals surface area contributed by atoms with Crippen LogP contribution in [0.25, 0.3) is 0 Å². The first-order valence-electron chi connectivity index (χ1n) is 5.83. The van der Waals surface area contributed by atoms with E-state index >= 15 is 0 Å². The van der Waals surface area contributed by atoms with Crippen LogP contribution >= 0.6 is 0 Å². The summed E-state index contributed by atoms with van der Waals surface area (Å²) in [6, 6.07) is 0. The standard InChI is InChI=1S/C11H22N2/c1-2-10-3-4-11(10)9-13-7-5-12-6-8-13/h10-12H,2-9H2,1H3. The second-order valence-corrected chi connectivity index (χ2v) is 4.56. The number of nitrogens with one attached hydrogen (secondary N) is 1. The van der Waals surface area contributed by atoms with Gasteiger partial charge in [0.1, 0.15) is 0 Å². The van der Waals surface area contributed by atoms with E-state index < -0.39 is 0 Å². The molecule has 2 aliphatic rings. The van der Waals surface area contributed by atoms with E-state index in [4.69, 9.17) is 0 Å².